The van der Waals surface area contributed by atoms with E-state index in [0.29, 0.717) is 17.5 Å². The fourth-order valence-corrected chi connectivity index (χ4v) is 1.13. The molecule has 0 radical (unpaired) electrons. The third-order valence-electron chi connectivity index (χ3n) is 1.92. The van der Waals surface area contributed by atoms with E-state index in [1.54, 1.807) is 6.07 Å². The van der Waals surface area contributed by atoms with Crippen molar-refractivity contribution in [1.82, 2.24) is 4.98 Å². The topological polar surface area (TPSA) is 76.2 Å². The smallest absolute Gasteiger partial charge is 0.123 e. The van der Waals surface area contributed by atoms with E-state index >= 15 is 0 Å². The van der Waals surface area contributed by atoms with Gasteiger partial charge in [0.25, 0.3) is 0 Å². The summed E-state index contributed by atoms with van der Waals surface area (Å²) in [6.45, 7) is 1.54. The number of hydrogen-bond acceptors (Lipinski definition) is 4. The number of nitrogen functional groups attached to an aromatic ring is 1. The number of carbonyl (C=O) groups is 1. The molecule has 3 N–H and O–H groups in total. The lowest BCUT2D eigenvalue weighted by molar-refractivity contribution is -0.112. The Balaban J connectivity index is 3.06. The number of carbonyl (C=O) groups excluding carboxylic acids is 1. The zero-order valence-corrected chi connectivity index (χ0v) is 7.40. The summed E-state index contributed by atoms with van der Waals surface area (Å²) in [5.74, 6) is 0. The number of nitrogens with two attached hydrogens (primary N) is 1. The maximum atomic E-state index is 10.3. The van der Waals surface area contributed by atoms with Crippen LogP contribution in [0.2, 0.25) is 0 Å². The minimum Gasteiger partial charge on any atom is -0.398 e. The van der Waals surface area contributed by atoms with Gasteiger partial charge in [0, 0.05) is 30.1 Å². The third-order valence-corrected chi connectivity index (χ3v) is 1.92. The van der Waals surface area contributed by atoms with Gasteiger partial charge < -0.3 is 15.6 Å². The van der Waals surface area contributed by atoms with Crippen molar-refractivity contribution in [2.45, 2.75) is 18.9 Å². The molecule has 0 spiro atoms. The van der Waals surface area contributed by atoms with Crippen LogP contribution in [0.3, 0.4) is 0 Å². The zero-order valence-electron chi connectivity index (χ0n) is 7.40. The number of pyridine rings is 1. The van der Waals surface area contributed by atoms with Crippen molar-refractivity contribution in [2.24, 2.45) is 0 Å². The number of aldehydes is 1. The fourth-order valence-electron chi connectivity index (χ4n) is 1.13. The summed E-state index contributed by atoms with van der Waals surface area (Å²) < 4.78 is 0. The van der Waals surface area contributed by atoms with Gasteiger partial charge in [-0.25, -0.2) is 0 Å². The molecule has 1 heterocycles. The van der Waals surface area contributed by atoms with Crippen molar-refractivity contribution in [3.05, 3.63) is 24.0 Å². The average molecular weight is 180 g/mol. The first-order chi connectivity index (χ1) is 6.08. The number of aromatic nitrogens is 1. The van der Waals surface area contributed by atoms with Gasteiger partial charge in [-0.3, -0.25) is 4.98 Å². The first kappa shape index (κ1) is 9.67. The molecule has 4 heteroatoms. The molecule has 0 saturated heterocycles. The van der Waals surface area contributed by atoms with Crippen LogP contribution in [0.25, 0.3) is 0 Å². The summed E-state index contributed by atoms with van der Waals surface area (Å²) in [5, 5.41) is 9.82. The van der Waals surface area contributed by atoms with Crippen molar-refractivity contribution < 1.29 is 9.90 Å². The molecule has 0 aliphatic heterocycles. The number of rotatable bonds is 3. The second kappa shape index (κ2) is 3.53. The van der Waals surface area contributed by atoms with Crippen molar-refractivity contribution in [3.63, 3.8) is 0 Å². The van der Waals surface area contributed by atoms with Gasteiger partial charge in [-0.2, -0.15) is 0 Å². The molecule has 0 saturated carbocycles. The predicted octanol–water partition coefficient (Wildman–Crippen LogP) is 0.460. The maximum absolute atomic E-state index is 10.3. The Morgan fingerprint density at radius 3 is 3.00 bits per heavy atom. The van der Waals surface area contributed by atoms with E-state index in [2.05, 4.69) is 4.98 Å². The molecular weight excluding hydrogens is 168 g/mol. The molecule has 1 aromatic heterocycles. The van der Waals surface area contributed by atoms with Crippen LogP contribution in [-0.2, 0) is 10.4 Å². The maximum Gasteiger partial charge on any atom is 0.123 e. The van der Waals surface area contributed by atoms with Crippen molar-refractivity contribution >= 4 is 12.0 Å². The lowest BCUT2D eigenvalue weighted by Gasteiger charge is -2.21. The van der Waals surface area contributed by atoms with Gasteiger partial charge in [0.05, 0.1) is 5.60 Å². The van der Waals surface area contributed by atoms with Gasteiger partial charge in [0.1, 0.15) is 6.29 Å². The molecule has 1 rings (SSSR count). The van der Waals surface area contributed by atoms with E-state index in [4.69, 9.17) is 5.73 Å². The highest BCUT2D eigenvalue weighted by Gasteiger charge is 2.24. The van der Waals surface area contributed by atoms with Crippen molar-refractivity contribution in [3.8, 4) is 0 Å². The van der Waals surface area contributed by atoms with Gasteiger partial charge in [-0.15, -0.1) is 0 Å². The van der Waals surface area contributed by atoms with Crippen LogP contribution in [0.5, 0.6) is 0 Å². The molecule has 4 nitrogen and oxygen atoms in total. The average Bonchev–Trinajstić information content (AvgIpc) is 2.04. The lowest BCUT2D eigenvalue weighted by atomic mass is 9.93. The van der Waals surface area contributed by atoms with Gasteiger partial charge in [-0.05, 0) is 13.0 Å². The molecule has 1 aromatic rings. The molecule has 70 valence electrons. The third kappa shape index (κ3) is 2.03. The minimum atomic E-state index is -1.22. The van der Waals surface area contributed by atoms with Crippen LogP contribution in [0.4, 0.5) is 5.69 Å². The normalized spacial score (nSPS) is 14.9. The van der Waals surface area contributed by atoms with E-state index in [1.165, 1.54) is 19.3 Å². The zero-order chi connectivity index (χ0) is 9.90. The molecular formula is C9H12N2O2. The van der Waals surface area contributed by atoms with E-state index in [0.717, 1.165) is 0 Å². The van der Waals surface area contributed by atoms with E-state index in [-0.39, 0.29) is 6.42 Å². The Morgan fingerprint density at radius 1 is 1.77 bits per heavy atom. The van der Waals surface area contributed by atoms with Crippen LogP contribution < -0.4 is 5.73 Å². The standard InChI is InChI=1S/C9H12N2O2/c1-9(13,3-5-12)7-6-11-4-2-8(7)10/h2,4-6,13H,3H2,1H3,(H2,10,11). The monoisotopic (exact) mass is 180 g/mol. The first-order valence-corrected chi connectivity index (χ1v) is 3.94. The molecule has 0 aliphatic carbocycles. The SMILES string of the molecule is CC(O)(CC=O)c1cnccc1N. The Bertz CT molecular complexity index is 310. The highest BCUT2D eigenvalue weighted by atomic mass is 16.3. The summed E-state index contributed by atoms with van der Waals surface area (Å²) in [6.07, 6.45) is 3.68. The molecule has 1 unspecified atom stereocenters. The van der Waals surface area contributed by atoms with Gasteiger partial charge in [-0.1, -0.05) is 0 Å². The second-order valence-electron chi connectivity index (χ2n) is 3.11. The first-order valence-electron chi connectivity index (χ1n) is 3.94. The summed E-state index contributed by atoms with van der Waals surface area (Å²) >= 11 is 0. The second-order valence-corrected chi connectivity index (χ2v) is 3.11. The summed E-state index contributed by atoms with van der Waals surface area (Å²) in [4.78, 5) is 14.1. The number of nitrogens with zero attached hydrogens (tertiary/aromatic N) is 1. The minimum absolute atomic E-state index is 0.0168. The Kier molecular flexibility index (Phi) is 2.63. The molecule has 0 amide bonds. The fraction of sp³-hybridized carbons (Fsp3) is 0.333. The molecule has 0 aromatic carbocycles. The molecule has 13 heavy (non-hydrogen) atoms. The van der Waals surface area contributed by atoms with Crippen LogP contribution in [0.15, 0.2) is 18.5 Å². The highest BCUT2D eigenvalue weighted by Crippen LogP contribution is 2.27. The molecule has 1 atom stereocenters. The Morgan fingerprint density at radius 2 is 2.46 bits per heavy atom. The summed E-state index contributed by atoms with van der Waals surface area (Å²) in [6, 6.07) is 1.59. The summed E-state index contributed by atoms with van der Waals surface area (Å²) in [7, 11) is 0. The lowest BCUT2D eigenvalue weighted by Crippen LogP contribution is -2.23. The van der Waals surface area contributed by atoms with Crippen LogP contribution in [-0.4, -0.2) is 16.4 Å². The molecule has 0 aliphatic rings. The quantitative estimate of drug-likeness (QED) is 0.662. The molecule has 0 bridgehead atoms. The van der Waals surface area contributed by atoms with E-state index in [9.17, 15) is 9.90 Å². The van der Waals surface area contributed by atoms with Crippen molar-refractivity contribution in [2.75, 3.05) is 5.73 Å². The van der Waals surface area contributed by atoms with Gasteiger partial charge >= 0.3 is 0 Å². The van der Waals surface area contributed by atoms with E-state index in [1.807, 2.05) is 0 Å². The number of aliphatic hydroxyl groups is 1. The number of anilines is 1. The van der Waals surface area contributed by atoms with Gasteiger partial charge in [0.15, 0.2) is 0 Å². The number of hydrogen-bond donors (Lipinski definition) is 2. The van der Waals surface area contributed by atoms with Crippen LogP contribution in [0, 0.1) is 0 Å². The summed E-state index contributed by atoms with van der Waals surface area (Å²) in [5.41, 5.74) is 5.33. The van der Waals surface area contributed by atoms with Crippen LogP contribution >= 0.6 is 0 Å². The Labute approximate surface area is 76.4 Å². The Hall–Kier alpha value is -1.42. The van der Waals surface area contributed by atoms with Crippen molar-refractivity contribution in [1.29, 1.82) is 0 Å². The van der Waals surface area contributed by atoms with Gasteiger partial charge in [0.2, 0.25) is 0 Å². The predicted molar refractivity (Wildman–Crippen MR) is 48.9 cm³/mol. The van der Waals surface area contributed by atoms with Crippen LogP contribution in [0.1, 0.15) is 18.9 Å². The van der Waals surface area contributed by atoms with E-state index < -0.39 is 5.60 Å². The largest absolute Gasteiger partial charge is 0.398 e. The molecule has 0 fully saturated rings. The highest BCUT2D eigenvalue weighted by molar-refractivity contribution is 5.56.